The second-order valence-corrected chi connectivity index (χ2v) is 3.30. The van der Waals surface area contributed by atoms with Gasteiger partial charge < -0.3 is 5.73 Å². The van der Waals surface area contributed by atoms with Gasteiger partial charge in [0, 0.05) is 6.07 Å². The maximum atomic E-state index is 12.9. The number of aromatic nitrogens is 2. The molecule has 0 spiro atoms. The Morgan fingerprint density at radius 1 is 1.53 bits per heavy atom. The highest BCUT2D eigenvalue weighted by Gasteiger charge is 2.08. The van der Waals surface area contributed by atoms with Crippen LogP contribution in [0.25, 0.3) is 10.9 Å². The largest absolute Gasteiger partial charge is 0.313 e. The first-order valence-corrected chi connectivity index (χ1v) is 4.57. The van der Waals surface area contributed by atoms with E-state index in [1.807, 2.05) is 0 Å². The highest BCUT2D eigenvalue weighted by molar-refractivity contribution is 6.28. The monoisotopic (exact) mass is 227 g/mol. The first kappa shape index (κ1) is 10.1. The van der Waals surface area contributed by atoms with Crippen LogP contribution in [-0.4, -0.2) is 9.55 Å². The SMILES string of the molecule is NCn1c(Cl)nc2cc(F)ccc2c1=O. The summed E-state index contributed by atoms with van der Waals surface area (Å²) in [6, 6.07) is 3.71. The topological polar surface area (TPSA) is 60.9 Å². The normalized spacial score (nSPS) is 10.9. The third-order valence-corrected chi connectivity index (χ3v) is 2.34. The predicted octanol–water partition coefficient (Wildman–Crippen LogP) is 1.11. The lowest BCUT2D eigenvalue weighted by molar-refractivity contribution is 0.628. The molecule has 1 aromatic heterocycles. The average molecular weight is 228 g/mol. The first-order valence-electron chi connectivity index (χ1n) is 4.19. The zero-order valence-electron chi connectivity index (χ0n) is 7.58. The lowest BCUT2D eigenvalue weighted by Crippen LogP contribution is -2.25. The fourth-order valence-corrected chi connectivity index (χ4v) is 1.56. The molecule has 1 aromatic carbocycles. The van der Waals surface area contributed by atoms with E-state index in [9.17, 15) is 9.18 Å². The molecule has 0 saturated heterocycles. The number of fused-ring (bicyclic) bond motifs is 1. The van der Waals surface area contributed by atoms with Gasteiger partial charge in [0.1, 0.15) is 5.82 Å². The minimum Gasteiger partial charge on any atom is -0.313 e. The third-order valence-electron chi connectivity index (χ3n) is 2.05. The van der Waals surface area contributed by atoms with Gasteiger partial charge >= 0.3 is 0 Å². The maximum absolute atomic E-state index is 12.9. The molecule has 0 saturated carbocycles. The van der Waals surface area contributed by atoms with E-state index in [0.29, 0.717) is 5.39 Å². The van der Waals surface area contributed by atoms with Crippen molar-refractivity contribution in [3.8, 4) is 0 Å². The molecule has 2 aromatic rings. The summed E-state index contributed by atoms with van der Waals surface area (Å²) in [5.41, 5.74) is 5.20. The van der Waals surface area contributed by atoms with Crippen LogP contribution in [0.1, 0.15) is 0 Å². The van der Waals surface area contributed by atoms with Gasteiger partial charge in [-0.05, 0) is 23.7 Å². The van der Waals surface area contributed by atoms with Crippen LogP contribution in [0, 0.1) is 5.82 Å². The van der Waals surface area contributed by atoms with Gasteiger partial charge in [-0.15, -0.1) is 0 Å². The number of benzene rings is 1. The molecule has 0 amide bonds. The standard InChI is InChI=1S/C9H7ClFN3O/c10-9-13-7-3-5(11)1-2-6(7)8(15)14(9)4-12/h1-3H,4,12H2. The van der Waals surface area contributed by atoms with Crippen molar-refractivity contribution >= 4 is 22.5 Å². The van der Waals surface area contributed by atoms with E-state index in [2.05, 4.69) is 4.98 Å². The lowest BCUT2D eigenvalue weighted by Gasteiger charge is -2.05. The van der Waals surface area contributed by atoms with Crippen molar-refractivity contribution in [2.24, 2.45) is 5.73 Å². The van der Waals surface area contributed by atoms with Gasteiger partial charge in [-0.2, -0.15) is 0 Å². The van der Waals surface area contributed by atoms with Crippen LogP contribution in [0.5, 0.6) is 0 Å². The summed E-state index contributed by atoms with van der Waals surface area (Å²) in [7, 11) is 0. The van der Waals surface area contributed by atoms with Gasteiger partial charge in [-0.3, -0.25) is 9.36 Å². The van der Waals surface area contributed by atoms with Crippen LogP contribution in [0.2, 0.25) is 5.28 Å². The summed E-state index contributed by atoms with van der Waals surface area (Å²) in [5.74, 6) is -0.462. The van der Waals surface area contributed by atoms with Gasteiger partial charge in [0.05, 0.1) is 17.6 Å². The molecule has 78 valence electrons. The Morgan fingerprint density at radius 2 is 2.27 bits per heavy atom. The molecular weight excluding hydrogens is 221 g/mol. The Bertz CT molecular complexity index is 581. The van der Waals surface area contributed by atoms with Crippen molar-refractivity contribution < 1.29 is 4.39 Å². The van der Waals surface area contributed by atoms with E-state index in [1.165, 1.54) is 12.1 Å². The Hall–Kier alpha value is -1.46. The molecule has 1 heterocycles. The molecule has 0 aliphatic rings. The van der Waals surface area contributed by atoms with Crippen LogP contribution in [-0.2, 0) is 6.67 Å². The molecule has 0 unspecified atom stereocenters. The Kier molecular flexibility index (Phi) is 2.42. The zero-order chi connectivity index (χ0) is 11.0. The number of nitrogens with zero attached hydrogens (tertiary/aromatic N) is 2. The van der Waals surface area contributed by atoms with Crippen LogP contribution in [0.15, 0.2) is 23.0 Å². The fourth-order valence-electron chi connectivity index (χ4n) is 1.33. The molecule has 2 N–H and O–H groups in total. The van der Waals surface area contributed by atoms with Crippen molar-refractivity contribution in [1.82, 2.24) is 9.55 Å². The first-order chi connectivity index (χ1) is 7.13. The van der Waals surface area contributed by atoms with Crippen LogP contribution in [0.4, 0.5) is 4.39 Å². The maximum Gasteiger partial charge on any atom is 0.263 e. The minimum atomic E-state index is -0.462. The summed E-state index contributed by atoms with van der Waals surface area (Å²) in [5, 5.41) is 0.256. The van der Waals surface area contributed by atoms with E-state index < -0.39 is 5.82 Å². The van der Waals surface area contributed by atoms with Crippen LogP contribution in [0.3, 0.4) is 0 Å². The van der Waals surface area contributed by atoms with Gasteiger partial charge in [0.2, 0.25) is 5.28 Å². The second-order valence-electron chi connectivity index (χ2n) is 2.96. The zero-order valence-corrected chi connectivity index (χ0v) is 8.33. The number of rotatable bonds is 1. The van der Waals surface area contributed by atoms with Gasteiger partial charge in [-0.1, -0.05) is 0 Å². The van der Waals surface area contributed by atoms with Crippen molar-refractivity contribution in [2.75, 3.05) is 0 Å². The van der Waals surface area contributed by atoms with E-state index in [0.717, 1.165) is 10.6 Å². The minimum absolute atomic E-state index is 0.0411. The average Bonchev–Trinajstić information content (AvgIpc) is 2.17. The second kappa shape index (κ2) is 3.60. The Balaban J connectivity index is 2.91. The smallest absolute Gasteiger partial charge is 0.263 e. The highest BCUT2D eigenvalue weighted by atomic mass is 35.5. The number of halogens is 2. The quantitative estimate of drug-likeness (QED) is 0.743. The number of hydrogen-bond donors (Lipinski definition) is 1. The molecule has 0 aliphatic heterocycles. The van der Waals surface area contributed by atoms with Crippen molar-refractivity contribution in [2.45, 2.75) is 6.67 Å². The van der Waals surface area contributed by atoms with Crippen molar-refractivity contribution in [3.63, 3.8) is 0 Å². The highest BCUT2D eigenvalue weighted by Crippen LogP contribution is 2.12. The summed E-state index contributed by atoms with van der Waals surface area (Å²) >= 11 is 5.71. The van der Waals surface area contributed by atoms with E-state index in [1.54, 1.807) is 0 Å². The van der Waals surface area contributed by atoms with Crippen molar-refractivity contribution in [3.05, 3.63) is 39.7 Å². The third kappa shape index (κ3) is 1.60. The Morgan fingerprint density at radius 3 is 2.93 bits per heavy atom. The molecule has 0 aliphatic carbocycles. The van der Waals surface area contributed by atoms with E-state index in [4.69, 9.17) is 17.3 Å². The van der Waals surface area contributed by atoms with E-state index in [-0.39, 0.29) is 23.0 Å². The van der Waals surface area contributed by atoms with Gasteiger partial charge in [-0.25, -0.2) is 9.37 Å². The summed E-state index contributed by atoms with van der Waals surface area (Å²) in [4.78, 5) is 15.6. The summed E-state index contributed by atoms with van der Waals surface area (Å²) < 4.78 is 14.0. The summed E-state index contributed by atoms with van der Waals surface area (Å²) in [6.07, 6.45) is 0. The number of nitrogens with two attached hydrogens (primary N) is 1. The van der Waals surface area contributed by atoms with Crippen LogP contribution < -0.4 is 11.3 Å². The predicted molar refractivity (Wildman–Crippen MR) is 55.2 cm³/mol. The molecular formula is C9H7ClFN3O. The molecule has 0 atom stereocenters. The fraction of sp³-hybridized carbons (Fsp3) is 0.111. The lowest BCUT2D eigenvalue weighted by atomic mass is 10.2. The molecule has 0 fully saturated rings. The molecule has 15 heavy (non-hydrogen) atoms. The van der Waals surface area contributed by atoms with Gasteiger partial charge in [0.25, 0.3) is 5.56 Å². The molecule has 2 rings (SSSR count). The molecule has 0 radical (unpaired) electrons. The molecule has 0 bridgehead atoms. The summed E-state index contributed by atoms with van der Waals surface area (Å²) in [6.45, 7) is -0.0576. The van der Waals surface area contributed by atoms with Crippen LogP contribution >= 0.6 is 11.6 Å². The Labute approximate surface area is 89.1 Å². The van der Waals surface area contributed by atoms with E-state index >= 15 is 0 Å². The molecule has 4 nitrogen and oxygen atoms in total. The number of hydrogen-bond acceptors (Lipinski definition) is 3. The van der Waals surface area contributed by atoms with Gasteiger partial charge in [0.15, 0.2) is 0 Å². The molecule has 6 heteroatoms. The van der Waals surface area contributed by atoms with Crippen molar-refractivity contribution in [1.29, 1.82) is 0 Å².